The number of nitrogens with two attached hydrogens (primary N) is 1. The number of anilines is 2. The Balaban J connectivity index is 2.15. The largest absolute Gasteiger partial charge is 0.383 e. The Kier molecular flexibility index (Phi) is 2.74. The molecule has 0 amide bonds. The van der Waals surface area contributed by atoms with Gasteiger partial charge in [-0.25, -0.2) is 9.97 Å². The van der Waals surface area contributed by atoms with Gasteiger partial charge in [-0.2, -0.15) is 0 Å². The molecule has 4 nitrogen and oxygen atoms in total. The second-order valence-electron chi connectivity index (χ2n) is 5.02. The van der Waals surface area contributed by atoms with Crippen molar-refractivity contribution in [2.45, 2.75) is 40.0 Å². The maximum Gasteiger partial charge on any atom is 0.134 e. The normalized spacial score (nSPS) is 17.2. The van der Waals surface area contributed by atoms with Crippen LogP contribution in [0.5, 0.6) is 0 Å². The molecule has 0 aromatic carbocycles. The van der Waals surface area contributed by atoms with Crippen LogP contribution in [-0.4, -0.2) is 16.5 Å². The van der Waals surface area contributed by atoms with E-state index in [1.165, 1.54) is 12.8 Å². The van der Waals surface area contributed by atoms with Crippen molar-refractivity contribution >= 4 is 11.6 Å². The third-order valence-corrected chi connectivity index (χ3v) is 3.33. The topological polar surface area (TPSA) is 63.8 Å². The molecule has 0 atom stereocenters. The van der Waals surface area contributed by atoms with E-state index >= 15 is 0 Å². The molecule has 1 heterocycles. The number of hydrogen-bond donors (Lipinski definition) is 2. The number of rotatable bonds is 4. The first kappa shape index (κ1) is 11.2. The minimum absolute atomic E-state index is 0.471. The maximum atomic E-state index is 5.86. The van der Waals surface area contributed by atoms with E-state index in [1.54, 1.807) is 0 Å². The van der Waals surface area contributed by atoms with Crippen LogP contribution in [0, 0.1) is 12.3 Å². The molecule has 0 bridgehead atoms. The summed E-state index contributed by atoms with van der Waals surface area (Å²) in [6, 6.07) is 0. The Hall–Kier alpha value is -1.32. The van der Waals surface area contributed by atoms with Gasteiger partial charge in [0.2, 0.25) is 0 Å². The van der Waals surface area contributed by atoms with Crippen LogP contribution in [0.2, 0.25) is 0 Å². The standard InChI is InChI=1S/C12H20N4/c1-4-9-15-10(13)8(2)11(16-9)14-7-12(3)5-6-12/h4-7H2,1-3H3,(H3,13,14,15,16). The molecule has 1 aliphatic rings. The van der Waals surface area contributed by atoms with Crippen molar-refractivity contribution in [2.75, 3.05) is 17.6 Å². The van der Waals surface area contributed by atoms with Gasteiger partial charge in [-0.15, -0.1) is 0 Å². The molecule has 0 radical (unpaired) electrons. The number of hydrogen-bond acceptors (Lipinski definition) is 4. The van der Waals surface area contributed by atoms with Gasteiger partial charge in [0.05, 0.1) is 0 Å². The molecular formula is C12H20N4. The zero-order valence-electron chi connectivity index (χ0n) is 10.3. The lowest BCUT2D eigenvalue weighted by atomic mass is 10.1. The molecular weight excluding hydrogens is 200 g/mol. The van der Waals surface area contributed by atoms with Gasteiger partial charge in [-0.05, 0) is 25.2 Å². The quantitative estimate of drug-likeness (QED) is 0.816. The summed E-state index contributed by atoms with van der Waals surface area (Å²) in [7, 11) is 0. The first-order valence-corrected chi connectivity index (χ1v) is 5.91. The summed E-state index contributed by atoms with van der Waals surface area (Å²) in [4.78, 5) is 8.72. The van der Waals surface area contributed by atoms with Gasteiger partial charge >= 0.3 is 0 Å². The Labute approximate surface area is 96.7 Å². The molecule has 1 aromatic heterocycles. The molecule has 1 fully saturated rings. The van der Waals surface area contributed by atoms with E-state index in [9.17, 15) is 0 Å². The number of aromatic nitrogens is 2. The van der Waals surface area contributed by atoms with Crippen LogP contribution >= 0.6 is 0 Å². The van der Waals surface area contributed by atoms with Crippen LogP contribution in [0.1, 0.15) is 38.1 Å². The molecule has 88 valence electrons. The number of aryl methyl sites for hydroxylation is 1. The van der Waals surface area contributed by atoms with Crippen LogP contribution in [-0.2, 0) is 6.42 Å². The van der Waals surface area contributed by atoms with Crippen LogP contribution < -0.4 is 11.1 Å². The summed E-state index contributed by atoms with van der Waals surface area (Å²) in [5.41, 5.74) is 7.29. The Morgan fingerprint density at radius 1 is 1.38 bits per heavy atom. The first-order chi connectivity index (χ1) is 7.54. The highest BCUT2D eigenvalue weighted by Gasteiger charge is 2.37. The van der Waals surface area contributed by atoms with E-state index < -0.39 is 0 Å². The van der Waals surface area contributed by atoms with Crippen molar-refractivity contribution in [3.05, 3.63) is 11.4 Å². The maximum absolute atomic E-state index is 5.86. The fourth-order valence-corrected chi connectivity index (χ4v) is 1.60. The highest BCUT2D eigenvalue weighted by Crippen LogP contribution is 2.44. The van der Waals surface area contributed by atoms with Crippen molar-refractivity contribution in [3.8, 4) is 0 Å². The van der Waals surface area contributed by atoms with Crippen LogP contribution in [0.25, 0.3) is 0 Å². The predicted octanol–water partition coefficient (Wildman–Crippen LogP) is 2.14. The van der Waals surface area contributed by atoms with Crippen molar-refractivity contribution in [2.24, 2.45) is 5.41 Å². The molecule has 3 N–H and O–H groups in total. The summed E-state index contributed by atoms with van der Waals surface area (Å²) in [5, 5.41) is 3.40. The van der Waals surface area contributed by atoms with Crippen molar-refractivity contribution in [1.82, 2.24) is 9.97 Å². The van der Waals surface area contributed by atoms with Gasteiger partial charge in [0.1, 0.15) is 17.5 Å². The van der Waals surface area contributed by atoms with Gasteiger partial charge in [0.25, 0.3) is 0 Å². The SMILES string of the molecule is CCc1nc(N)c(C)c(NCC2(C)CC2)n1. The second-order valence-corrected chi connectivity index (χ2v) is 5.02. The highest BCUT2D eigenvalue weighted by atomic mass is 15.1. The predicted molar refractivity (Wildman–Crippen MR) is 66.4 cm³/mol. The summed E-state index contributed by atoms with van der Waals surface area (Å²) >= 11 is 0. The summed E-state index contributed by atoms with van der Waals surface area (Å²) < 4.78 is 0. The van der Waals surface area contributed by atoms with E-state index in [0.717, 1.165) is 30.2 Å². The molecule has 0 saturated heterocycles. The van der Waals surface area contributed by atoms with Crippen LogP contribution in [0.4, 0.5) is 11.6 Å². The zero-order valence-corrected chi connectivity index (χ0v) is 10.3. The van der Waals surface area contributed by atoms with E-state index in [-0.39, 0.29) is 0 Å². The smallest absolute Gasteiger partial charge is 0.134 e. The third-order valence-electron chi connectivity index (χ3n) is 3.33. The number of nitrogens with zero attached hydrogens (tertiary/aromatic N) is 2. The zero-order chi connectivity index (χ0) is 11.8. The lowest BCUT2D eigenvalue weighted by molar-refractivity contribution is 0.608. The molecule has 4 heteroatoms. The van der Waals surface area contributed by atoms with Crippen molar-refractivity contribution in [3.63, 3.8) is 0 Å². The fraction of sp³-hybridized carbons (Fsp3) is 0.667. The minimum atomic E-state index is 0.471. The Morgan fingerprint density at radius 3 is 2.62 bits per heavy atom. The molecule has 0 spiro atoms. The Bertz CT molecular complexity index is 396. The van der Waals surface area contributed by atoms with E-state index in [0.29, 0.717) is 11.2 Å². The first-order valence-electron chi connectivity index (χ1n) is 5.91. The molecule has 1 aromatic rings. The summed E-state index contributed by atoms with van der Waals surface area (Å²) in [5.74, 6) is 2.30. The van der Waals surface area contributed by atoms with E-state index in [4.69, 9.17) is 5.73 Å². The van der Waals surface area contributed by atoms with E-state index in [2.05, 4.69) is 22.2 Å². The minimum Gasteiger partial charge on any atom is -0.383 e. The highest BCUT2D eigenvalue weighted by molar-refractivity contribution is 5.54. The average molecular weight is 220 g/mol. The average Bonchev–Trinajstić information content (AvgIpc) is 2.99. The molecule has 1 saturated carbocycles. The van der Waals surface area contributed by atoms with Gasteiger partial charge in [0, 0.05) is 18.5 Å². The van der Waals surface area contributed by atoms with Crippen LogP contribution in [0.15, 0.2) is 0 Å². The molecule has 0 aliphatic heterocycles. The van der Waals surface area contributed by atoms with Gasteiger partial charge in [-0.3, -0.25) is 0 Å². The fourth-order valence-electron chi connectivity index (χ4n) is 1.60. The third kappa shape index (κ3) is 2.26. The monoisotopic (exact) mass is 220 g/mol. The lowest BCUT2D eigenvalue weighted by Gasteiger charge is -2.14. The van der Waals surface area contributed by atoms with E-state index in [1.807, 2.05) is 13.8 Å². The Morgan fingerprint density at radius 2 is 2.06 bits per heavy atom. The second kappa shape index (κ2) is 3.92. The van der Waals surface area contributed by atoms with Crippen LogP contribution in [0.3, 0.4) is 0 Å². The summed E-state index contributed by atoms with van der Waals surface area (Å²) in [6.45, 7) is 7.27. The molecule has 0 unspecified atom stereocenters. The lowest BCUT2D eigenvalue weighted by Crippen LogP contribution is -2.15. The number of nitrogens with one attached hydrogen (secondary N) is 1. The number of nitrogen functional groups attached to an aromatic ring is 1. The van der Waals surface area contributed by atoms with Crippen molar-refractivity contribution < 1.29 is 0 Å². The van der Waals surface area contributed by atoms with Gasteiger partial charge < -0.3 is 11.1 Å². The summed E-state index contributed by atoms with van der Waals surface area (Å²) in [6.07, 6.45) is 3.43. The van der Waals surface area contributed by atoms with Gasteiger partial charge in [-0.1, -0.05) is 13.8 Å². The van der Waals surface area contributed by atoms with Gasteiger partial charge in [0.15, 0.2) is 0 Å². The van der Waals surface area contributed by atoms with Crippen molar-refractivity contribution in [1.29, 1.82) is 0 Å². The molecule has 1 aliphatic carbocycles. The molecule has 16 heavy (non-hydrogen) atoms. The molecule has 2 rings (SSSR count).